The number of cyclic esters (lactones) is 1. The second-order valence-corrected chi connectivity index (χ2v) is 6.22. The van der Waals surface area contributed by atoms with E-state index in [1.54, 1.807) is 0 Å². The van der Waals surface area contributed by atoms with Gasteiger partial charge in [0.05, 0.1) is 12.5 Å². The maximum atomic E-state index is 11.2. The summed E-state index contributed by atoms with van der Waals surface area (Å²) >= 11 is 2.41. The molecule has 2 aliphatic rings. The van der Waals surface area contributed by atoms with Crippen LogP contribution in [0.1, 0.15) is 32.6 Å². The Morgan fingerprint density at radius 2 is 2.31 bits per heavy atom. The Morgan fingerprint density at radius 3 is 2.94 bits per heavy atom. The van der Waals surface area contributed by atoms with Gasteiger partial charge in [-0.15, -0.1) is 0 Å². The van der Waals surface area contributed by atoms with Gasteiger partial charge in [-0.2, -0.15) is 0 Å². The molecule has 1 heterocycles. The highest BCUT2D eigenvalue weighted by Gasteiger charge is 2.48. The molecule has 1 saturated carbocycles. The zero-order valence-corrected chi connectivity index (χ0v) is 11.7. The predicted molar refractivity (Wildman–Crippen MR) is 69.4 cm³/mol. The molecule has 0 spiro atoms. The Balaban J connectivity index is 1.84. The molecule has 0 bridgehead atoms. The van der Waals surface area contributed by atoms with E-state index in [0.717, 1.165) is 5.92 Å². The third-order valence-electron chi connectivity index (χ3n) is 3.85. The maximum Gasteiger partial charge on any atom is 0.308 e. The highest BCUT2D eigenvalue weighted by Crippen LogP contribution is 2.50. The van der Waals surface area contributed by atoms with Crippen molar-refractivity contribution >= 4 is 28.6 Å². The lowest BCUT2D eigenvalue weighted by Crippen LogP contribution is -2.34. The number of hydrogen-bond acceptors (Lipinski definition) is 3. The fourth-order valence-corrected chi connectivity index (χ4v) is 3.76. The standard InChI is InChI=1S/C12H19IO3/c1-7(2-3-13)9-6-10(9)11-4-8(14)5-12(15)16-11/h7-11,14H,2-6H2,1H3/t7?,8-,9?,10?,11+/m1/s1. The molecule has 0 amide bonds. The molecule has 1 saturated heterocycles. The first-order valence-corrected chi connectivity index (χ1v) is 7.58. The summed E-state index contributed by atoms with van der Waals surface area (Å²) in [5, 5.41) is 9.55. The van der Waals surface area contributed by atoms with Gasteiger partial charge in [0.25, 0.3) is 0 Å². The van der Waals surface area contributed by atoms with Crippen LogP contribution in [0.5, 0.6) is 0 Å². The molecule has 5 atom stereocenters. The predicted octanol–water partition coefficient (Wildman–Crippen LogP) is 2.15. The summed E-state index contributed by atoms with van der Waals surface area (Å²) in [6, 6.07) is 0. The lowest BCUT2D eigenvalue weighted by molar-refractivity contribution is -0.161. The molecular formula is C12H19IO3. The number of halogens is 1. The molecule has 1 aliphatic carbocycles. The van der Waals surface area contributed by atoms with Gasteiger partial charge in [0.1, 0.15) is 6.10 Å². The van der Waals surface area contributed by atoms with Gasteiger partial charge >= 0.3 is 5.97 Å². The Hall–Kier alpha value is 0.160. The summed E-state index contributed by atoms with van der Waals surface area (Å²) in [4.78, 5) is 11.2. The molecule has 4 heteroatoms. The summed E-state index contributed by atoms with van der Waals surface area (Å²) in [5.41, 5.74) is 0. The van der Waals surface area contributed by atoms with Crippen molar-refractivity contribution in [3.63, 3.8) is 0 Å². The molecule has 0 aromatic heterocycles. The second-order valence-electron chi connectivity index (χ2n) is 5.14. The van der Waals surface area contributed by atoms with Crippen molar-refractivity contribution in [1.82, 2.24) is 0 Å². The third-order valence-corrected chi connectivity index (χ3v) is 4.48. The van der Waals surface area contributed by atoms with E-state index >= 15 is 0 Å². The van der Waals surface area contributed by atoms with Gasteiger partial charge in [-0.25, -0.2) is 0 Å². The van der Waals surface area contributed by atoms with Crippen molar-refractivity contribution < 1.29 is 14.6 Å². The van der Waals surface area contributed by atoms with E-state index in [0.29, 0.717) is 18.3 Å². The lowest BCUT2D eigenvalue weighted by Gasteiger charge is -2.26. The SMILES string of the molecule is CC(CCI)C1CC1[C@@H]1C[C@@H](O)CC(=O)O1. The van der Waals surface area contributed by atoms with Gasteiger partial charge in [0.15, 0.2) is 0 Å². The maximum absolute atomic E-state index is 11.2. The largest absolute Gasteiger partial charge is 0.462 e. The molecule has 2 fully saturated rings. The van der Waals surface area contributed by atoms with Gasteiger partial charge in [-0.1, -0.05) is 29.5 Å². The Morgan fingerprint density at radius 1 is 1.56 bits per heavy atom. The number of rotatable bonds is 4. The number of aliphatic hydroxyl groups is 1. The molecule has 3 nitrogen and oxygen atoms in total. The van der Waals surface area contributed by atoms with Crippen molar-refractivity contribution in [2.45, 2.75) is 44.8 Å². The summed E-state index contributed by atoms with van der Waals surface area (Å²) in [6.07, 6.45) is 2.74. The molecule has 1 N–H and O–H groups in total. The number of ether oxygens (including phenoxy) is 1. The van der Waals surface area contributed by atoms with Crippen molar-refractivity contribution in [2.75, 3.05) is 4.43 Å². The van der Waals surface area contributed by atoms with E-state index < -0.39 is 6.10 Å². The number of carbonyl (C=O) groups is 1. The first kappa shape index (κ1) is 12.6. The fourth-order valence-electron chi connectivity index (χ4n) is 2.77. The summed E-state index contributed by atoms with van der Waals surface area (Å²) in [5.74, 6) is 1.71. The highest BCUT2D eigenvalue weighted by atomic mass is 127. The summed E-state index contributed by atoms with van der Waals surface area (Å²) in [7, 11) is 0. The van der Waals surface area contributed by atoms with Crippen LogP contribution in [0.15, 0.2) is 0 Å². The minimum atomic E-state index is -0.479. The van der Waals surface area contributed by atoms with E-state index in [1.165, 1.54) is 17.3 Å². The van der Waals surface area contributed by atoms with E-state index in [2.05, 4.69) is 29.5 Å². The van der Waals surface area contributed by atoms with E-state index in [1.807, 2.05) is 0 Å². The Kier molecular flexibility index (Phi) is 4.11. The van der Waals surface area contributed by atoms with Crippen LogP contribution in [-0.2, 0) is 9.53 Å². The Bertz CT molecular complexity index is 269. The van der Waals surface area contributed by atoms with Crippen LogP contribution in [-0.4, -0.2) is 27.7 Å². The van der Waals surface area contributed by atoms with E-state index in [9.17, 15) is 9.90 Å². The van der Waals surface area contributed by atoms with Crippen LogP contribution < -0.4 is 0 Å². The molecule has 1 aliphatic heterocycles. The van der Waals surface area contributed by atoms with Crippen molar-refractivity contribution in [1.29, 1.82) is 0 Å². The molecule has 3 unspecified atom stereocenters. The first-order chi connectivity index (χ1) is 7.61. The molecule has 16 heavy (non-hydrogen) atoms. The number of esters is 1. The molecule has 0 aromatic rings. The van der Waals surface area contributed by atoms with E-state index in [-0.39, 0.29) is 18.5 Å². The average Bonchev–Trinajstić information content (AvgIpc) is 2.95. The molecule has 2 rings (SSSR count). The van der Waals surface area contributed by atoms with Gasteiger partial charge in [-0.05, 0) is 35.0 Å². The smallest absolute Gasteiger partial charge is 0.308 e. The number of hydrogen-bond donors (Lipinski definition) is 1. The van der Waals surface area contributed by atoms with Gasteiger partial charge < -0.3 is 9.84 Å². The monoisotopic (exact) mass is 338 g/mol. The molecule has 92 valence electrons. The highest BCUT2D eigenvalue weighted by molar-refractivity contribution is 14.1. The zero-order chi connectivity index (χ0) is 11.7. The summed E-state index contributed by atoms with van der Waals surface area (Å²) in [6.45, 7) is 2.28. The number of alkyl halides is 1. The first-order valence-electron chi connectivity index (χ1n) is 6.05. The van der Waals surface area contributed by atoms with E-state index in [4.69, 9.17) is 4.74 Å². The van der Waals surface area contributed by atoms with Crippen LogP contribution in [0.4, 0.5) is 0 Å². The molecule has 0 aromatic carbocycles. The van der Waals surface area contributed by atoms with Crippen molar-refractivity contribution in [2.24, 2.45) is 17.8 Å². The van der Waals surface area contributed by atoms with Gasteiger partial charge in [0.2, 0.25) is 0 Å². The van der Waals surface area contributed by atoms with Gasteiger partial charge in [-0.3, -0.25) is 4.79 Å². The second kappa shape index (κ2) is 5.21. The Labute approximate surface area is 110 Å². The van der Waals surface area contributed by atoms with Crippen molar-refractivity contribution in [3.05, 3.63) is 0 Å². The third kappa shape index (κ3) is 2.88. The number of aliphatic hydroxyl groups excluding tert-OH is 1. The van der Waals surface area contributed by atoms with Gasteiger partial charge in [0, 0.05) is 6.42 Å². The fraction of sp³-hybridized carbons (Fsp3) is 0.917. The topological polar surface area (TPSA) is 46.5 Å². The van der Waals surface area contributed by atoms with Crippen LogP contribution in [0.25, 0.3) is 0 Å². The normalized spacial score (nSPS) is 40.3. The quantitative estimate of drug-likeness (QED) is 0.485. The van der Waals surface area contributed by atoms with Crippen LogP contribution >= 0.6 is 22.6 Å². The minimum Gasteiger partial charge on any atom is -0.462 e. The number of carbonyl (C=O) groups excluding carboxylic acids is 1. The lowest BCUT2D eigenvalue weighted by atomic mass is 9.96. The van der Waals surface area contributed by atoms with Crippen LogP contribution in [0.3, 0.4) is 0 Å². The van der Waals surface area contributed by atoms with Crippen molar-refractivity contribution in [3.8, 4) is 0 Å². The molecular weight excluding hydrogens is 319 g/mol. The summed E-state index contributed by atoms with van der Waals surface area (Å²) < 4.78 is 6.53. The zero-order valence-electron chi connectivity index (χ0n) is 9.56. The van der Waals surface area contributed by atoms with Crippen LogP contribution in [0.2, 0.25) is 0 Å². The molecule has 0 radical (unpaired) electrons. The minimum absolute atomic E-state index is 0.0158. The average molecular weight is 338 g/mol. The van der Waals surface area contributed by atoms with Crippen LogP contribution in [0, 0.1) is 17.8 Å².